The van der Waals surface area contributed by atoms with Crippen LogP contribution in [0.5, 0.6) is 0 Å². The number of rotatable bonds is 5. The maximum Gasteiger partial charge on any atom is 0.339 e. The second-order valence-corrected chi connectivity index (χ2v) is 4.63. The first kappa shape index (κ1) is 13.4. The molecule has 1 rings (SSSR count). The molecule has 88 valence electrons. The second kappa shape index (κ2) is 6.78. The Kier molecular flexibility index (Phi) is 5.66. The first-order valence-corrected chi connectivity index (χ1v) is 6.17. The fourth-order valence-corrected chi connectivity index (χ4v) is 2.18. The van der Waals surface area contributed by atoms with E-state index in [0.29, 0.717) is 10.6 Å². The predicted octanol–water partition coefficient (Wildman–Crippen LogP) is 2.60. The third kappa shape index (κ3) is 3.70. The Hall–Kier alpha value is -0.710. The van der Waals surface area contributed by atoms with Crippen LogP contribution in [0.25, 0.3) is 0 Å². The van der Waals surface area contributed by atoms with Gasteiger partial charge in [0, 0.05) is 17.3 Å². The second-order valence-electron chi connectivity index (χ2n) is 3.06. The SMILES string of the molecule is COC(=O)c1cc(SCCCO)ccc1Cl. The summed E-state index contributed by atoms with van der Waals surface area (Å²) in [7, 11) is 1.32. The third-order valence-corrected chi connectivity index (χ3v) is 3.32. The van der Waals surface area contributed by atoms with Gasteiger partial charge in [-0.15, -0.1) is 11.8 Å². The molecule has 0 aliphatic carbocycles. The molecule has 0 bridgehead atoms. The van der Waals surface area contributed by atoms with Gasteiger partial charge in [-0.2, -0.15) is 0 Å². The van der Waals surface area contributed by atoms with Gasteiger partial charge in [-0.1, -0.05) is 11.6 Å². The average Bonchev–Trinajstić information content (AvgIpc) is 2.30. The minimum atomic E-state index is -0.436. The van der Waals surface area contributed by atoms with E-state index in [1.165, 1.54) is 7.11 Å². The molecule has 0 saturated heterocycles. The van der Waals surface area contributed by atoms with Crippen molar-refractivity contribution in [3.8, 4) is 0 Å². The summed E-state index contributed by atoms with van der Waals surface area (Å²) in [6, 6.07) is 5.22. The summed E-state index contributed by atoms with van der Waals surface area (Å²) < 4.78 is 4.63. The quantitative estimate of drug-likeness (QED) is 0.502. The Morgan fingerprint density at radius 1 is 1.56 bits per heavy atom. The number of hydrogen-bond donors (Lipinski definition) is 1. The largest absolute Gasteiger partial charge is 0.465 e. The molecule has 0 spiro atoms. The maximum atomic E-state index is 11.4. The molecule has 0 amide bonds. The van der Waals surface area contributed by atoms with Gasteiger partial charge in [0.1, 0.15) is 0 Å². The van der Waals surface area contributed by atoms with Crippen LogP contribution in [-0.2, 0) is 4.74 Å². The summed E-state index contributed by atoms with van der Waals surface area (Å²) >= 11 is 7.45. The van der Waals surface area contributed by atoms with Gasteiger partial charge < -0.3 is 9.84 Å². The Bertz CT molecular complexity index is 368. The van der Waals surface area contributed by atoms with Gasteiger partial charge in [0.15, 0.2) is 0 Å². The molecule has 0 aliphatic rings. The van der Waals surface area contributed by atoms with Crippen molar-refractivity contribution < 1.29 is 14.6 Å². The van der Waals surface area contributed by atoms with Crippen molar-refractivity contribution in [1.29, 1.82) is 0 Å². The highest BCUT2D eigenvalue weighted by atomic mass is 35.5. The van der Waals surface area contributed by atoms with Crippen LogP contribution in [0.4, 0.5) is 0 Å². The van der Waals surface area contributed by atoms with Crippen LogP contribution in [0.1, 0.15) is 16.8 Å². The molecule has 0 unspecified atom stereocenters. The number of carbonyl (C=O) groups excluding carboxylic acids is 1. The molecule has 0 atom stereocenters. The molecule has 0 heterocycles. The zero-order chi connectivity index (χ0) is 12.0. The van der Waals surface area contributed by atoms with E-state index in [1.807, 2.05) is 6.07 Å². The lowest BCUT2D eigenvalue weighted by molar-refractivity contribution is 0.0600. The van der Waals surface area contributed by atoms with Crippen LogP contribution < -0.4 is 0 Å². The lowest BCUT2D eigenvalue weighted by Crippen LogP contribution is -2.02. The fraction of sp³-hybridized carbons (Fsp3) is 0.364. The Morgan fingerprint density at radius 2 is 2.31 bits per heavy atom. The minimum absolute atomic E-state index is 0.171. The van der Waals surface area contributed by atoms with Crippen LogP contribution in [0.3, 0.4) is 0 Å². The van der Waals surface area contributed by atoms with Gasteiger partial charge in [-0.3, -0.25) is 0 Å². The Balaban J connectivity index is 2.77. The van der Waals surface area contributed by atoms with Gasteiger partial charge in [0.2, 0.25) is 0 Å². The molecular formula is C11H13ClO3S. The molecule has 5 heteroatoms. The predicted molar refractivity (Wildman–Crippen MR) is 65.2 cm³/mol. The van der Waals surface area contributed by atoms with Crippen molar-refractivity contribution in [2.45, 2.75) is 11.3 Å². The van der Waals surface area contributed by atoms with Gasteiger partial charge in [0.25, 0.3) is 0 Å². The summed E-state index contributed by atoms with van der Waals surface area (Å²) in [5.41, 5.74) is 0.373. The lowest BCUT2D eigenvalue weighted by atomic mass is 10.2. The number of aliphatic hydroxyl groups is 1. The van der Waals surface area contributed by atoms with E-state index in [0.717, 1.165) is 17.1 Å². The fourth-order valence-electron chi connectivity index (χ4n) is 1.12. The molecule has 0 saturated carbocycles. The number of methoxy groups -OCH3 is 1. The molecule has 3 nitrogen and oxygen atoms in total. The minimum Gasteiger partial charge on any atom is -0.465 e. The maximum absolute atomic E-state index is 11.4. The Labute approximate surface area is 104 Å². The van der Waals surface area contributed by atoms with E-state index in [-0.39, 0.29) is 6.61 Å². The number of carbonyl (C=O) groups is 1. The molecule has 0 aliphatic heterocycles. The highest BCUT2D eigenvalue weighted by Gasteiger charge is 2.11. The van der Waals surface area contributed by atoms with Crippen molar-refractivity contribution in [2.24, 2.45) is 0 Å². The van der Waals surface area contributed by atoms with Crippen molar-refractivity contribution in [1.82, 2.24) is 0 Å². The van der Waals surface area contributed by atoms with Gasteiger partial charge in [-0.25, -0.2) is 4.79 Å². The van der Waals surface area contributed by atoms with Crippen LogP contribution in [-0.4, -0.2) is 30.5 Å². The smallest absolute Gasteiger partial charge is 0.339 e. The number of hydrogen-bond acceptors (Lipinski definition) is 4. The van der Waals surface area contributed by atoms with Crippen molar-refractivity contribution in [2.75, 3.05) is 19.5 Å². The lowest BCUT2D eigenvalue weighted by Gasteiger charge is -2.05. The number of halogens is 1. The highest BCUT2D eigenvalue weighted by Crippen LogP contribution is 2.25. The van der Waals surface area contributed by atoms with Crippen LogP contribution in [0.15, 0.2) is 23.1 Å². The zero-order valence-electron chi connectivity index (χ0n) is 8.90. The monoisotopic (exact) mass is 260 g/mol. The zero-order valence-corrected chi connectivity index (χ0v) is 10.5. The summed E-state index contributed by atoms with van der Waals surface area (Å²) in [4.78, 5) is 12.3. The van der Waals surface area contributed by atoms with Gasteiger partial charge in [-0.05, 0) is 24.6 Å². The summed E-state index contributed by atoms with van der Waals surface area (Å²) in [6.45, 7) is 0.171. The van der Waals surface area contributed by atoms with E-state index >= 15 is 0 Å². The topological polar surface area (TPSA) is 46.5 Å². The summed E-state index contributed by atoms with van der Waals surface area (Å²) in [6.07, 6.45) is 0.723. The van der Waals surface area contributed by atoms with E-state index < -0.39 is 5.97 Å². The van der Waals surface area contributed by atoms with Crippen molar-refractivity contribution >= 4 is 29.3 Å². The standard InChI is InChI=1S/C11H13ClO3S/c1-15-11(14)9-7-8(3-4-10(9)12)16-6-2-5-13/h3-4,7,13H,2,5-6H2,1H3. The van der Waals surface area contributed by atoms with Crippen molar-refractivity contribution in [3.05, 3.63) is 28.8 Å². The van der Waals surface area contributed by atoms with E-state index in [9.17, 15) is 4.79 Å². The number of esters is 1. The molecule has 0 aromatic heterocycles. The molecule has 0 radical (unpaired) electrons. The molecule has 1 N–H and O–H groups in total. The van der Waals surface area contributed by atoms with Gasteiger partial charge >= 0.3 is 5.97 Å². The highest BCUT2D eigenvalue weighted by molar-refractivity contribution is 7.99. The Morgan fingerprint density at radius 3 is 2.94 bits per heavy atom. The van der Waals surface area contributed by atoms with E-state index in [2.05, 4.69) is 4.74 Å². The normalized spacial score (nSPS) is 10.2. The number of ether oxygens (including phenoxy) is 1. The molecular weight excluding hydrogens is 248 g/mol. The first-order valence-electron chi connectivity index (χ1n) is 4.80. The average molecular weight is 261 g/mol. The molecule has 1 aromatic carbocycles. The van der Waals surface area contributed by atoms with E-state index in [1.54, 1.807) is 23.9 Å². The number of aliphatic hydroxyl groups excluding tert-OH is 1. The number of thioether (sulfide) groups is 1. The molecule has 1 aromatic rings. The first-order chi connectivity index (χ1) is 7.69. The van der Waals surface area contributed by atoms with Crippen LogP contribution in [0, 0.1) is 0 Å². The molecule has 16 heavy (non-hydrogen) atoms. The number of benzene rings is 1. The van der Waals surface area contributed by atoms with Gasteiger partial charge in [0.05, 0.1) is 17.7 Å². The van der Waals surface area contributed by atoms with Crippen LogP contribution in [0.2, 0.25) is 5.02 Å². The third-order valence-electron chi connectivity index (χ3n) is 1.91. The van der Waals surface area contributed by atoms with Crippen molar-refractivity contribution in [3.63, 3.8) is 0 Å². The molecule has 0 fully saturated rings. The summed E-state index contributed by atoms with van der Waals surface area (Å²) in [5, 5.41) is 9.05. The van der Waals surface area contributed by atoms with E-state index in [4.69, 9.17) is 16.7 Å². The summed E-state index contributed by atoms with van der Waals surface area (Å²) in [5.74, 6) is 0.369. The van der Waals surface area contributed by atoms with Crippen LogP contribution >= 0.6 is 23.4 Å².